The third kappa shape index (κ3) is 3.77. The molecule has 0 aromatic carbocycles. The Labute approximate surface area is 119 Å². The number of nitrogens with one attached hydrogen (secondary N) is 1. The van der Waals surface area contributed by atoms with Gasteiger partial charge in [-0.05, 0) is 12.1 Å². The molecular weight excluding hydrogens is 310 g/mol. The highest BCUT2D eigenvalue weighted by molar-refractivity contribution is 7.89. The first-order chi connectivity index (χ1) is 9.01. The molecule has 0 saturated carbocycles. The van der Waals surface area contributed by atoms with Gasteiger partial charge in [-0.1, -0.05) is 11.6 Å². The Morgan fingerprint density at radius 1 is 1.47 bits per heavy atom. The van der Waals surface area contributed by atoms with Crippen LogP contribution in [0.3, 0.4) is 0 Å². The lowest BCUT2D eigenvalue weighted by molar-refractivity contribution is 0.269. The number of halogens is 1. The number of aliphatic hydroxyl groups is 1. The summed E-state index contributed by atoms with van der Waals surface area (Å²) in [4.78, 5) is 0.903. The number of hydrogen-bond donors (Lipinski definition) is 2. The Kier molecular flexibility index (Phi) is 4.58. The second kappa shape index (κ2) is 6.02. The highest BCUT2D eigenvalue weighted by Crippen LogP contribution is 2.21. The van der Waals surface area contributed by atoms with Crippen molar-refractivity contribution in [2.75, 3.05) is 6.61 Å². The number of aromatic nitrogens is 2. The normalized spacial score (nSPS) is 11.9. The minimum atomic E-state index is -3.60. The van der Waals surface area contributed by atoms with E-state index in [0.717, 1.165) is 4.88 Å². The van der Waals surface area contributed by atoms with Crippen molar-refractivity contribution in [1.29, 1.82) is 0 Å². The van der Waals surface area contributed by atoms with Gasteiger partial charge in [0.25, 0.3) is 0 Å². The summed E-state index contributed by atoms with van der Waals surface area (Å²) in [5.74, 6) is 0. The van der Waals surface area contributed by atoms with E-state index in [4.69, 9.17) is 16.7 Å². The smallest absolute Gasteiger partial charge is 0.244 e. The first kappa shape index (κ1) is 14.5. The summed E-state index contributed by atoms with van der Waals surface area (Å²) in [6, 6.07) is 3.49. The fraction of sp³-hybridized carbons (Fsp3) is 0.300. The van der Waals surface area contributed by atoms with E-state index in [9.17, 15) is 8.42 Å². The predicted octanol–water partition coefficient (Wildman–Crippen LogP) is 1.07. The molecule has 2 rings (SSSR count). The van der Waals surface area contributed by atoms with Gasteiger partial charge in [0.15, 0.2) is 0 Å². The van der Waals surface area contributed by atoms with E-state index in [1.54, 1.807) is 12.1 Å². The summed E-state index contributed by atoms with van der Waals surface area (Å²) < 4.78 is 28.4. The Morgan fingerprint density at radius 3 is 2.89 bits per heavy atom. The van der Waals surface area contributed by atoms with E-state index in [1.165, 1.54) is 28.4 Å². The van der Waals surface area contributed by atoms with E-state index in [0.29, 0.717) is 4.34 Å². The minimum Gasteiger partial charge on any atom is -0.394 e. The molecule has 2 heterocycles. The van der Waals surface area contributed by atoms with Gasteiger partial charge >= 0.3 is 0 Å². The van der Waals surface area contributed by atoms with Crippen LogP contribution in [0.2, 0.25) is 4.34 Å². The van der Waals surface area contributed by atoms with Crippen molar-refractivity contribution in [1.82, 2.24) is 14.5 Å². The maximum atomic E-state index is 12.0. The first-order valence-corrected chi connectivity index (χ1v) is 8.06. The molecule has 9 heteroatoms. The van der Waals surface area contributed by atoms with Crippen LogP contribution in [-0.2, 0) is 23.1 Å². The number of sulfonamides is 1. The highest BCUT2D eigenvalue weighted by Gasteiger charge is 2.16. The summed E-state index contributed by atoms with van der Waals surface area (Å²) in [5.41, 5.74) is 0. The standard InChI is InChI=1S/C10H12ClN3O3S2/c11-10-2-1-8(18-10)5-13-19(16,17)9-6-12-14(7-9)3-4-15/h1-2,6-7,13,15H,3-5H2. The van der Waals surface area contributed by atoms with E-state index < -0.39 is 10.0 Å². The summed E-state index contributed by atoms with van der Waals surface area (Å²) in [7, 11) is -3.60. The molecule has 0 aliphatic carbocycles. The molecule has 2 N–H and O–H groups in total. The number of aliphatic hydroxyl groups excluding tert-OH is 1. The summed E-state index contributed by atoms with van der Waals surface area (Å²) >= 11 is 7.09. The summed E-state index contributed by atoms with van der Waals surface area (Å²) in [6.07, 6.45) is 2.62. The Morgan fingerprint density at radius 2 is 2.26 bits per heavy atom. The minimum absolute atomic E-state index is 0.0728. The van der Waals surface area contributed by atoms with Crippen molar-refractivity contribution >= 4 is 33.0 Å². The highest BCUT2D eigenvalue weighted by atomic mass is 35.5. The molecule has 104 valence electrons. The lowest BCUT2D eigenvalue weighted by Crippen LogP contribution is -2.22. The molecule has 19 heavy (non-hydrogen) atoms. The van der Waals surface area contributed by atoms with Crippen LogP contribution in [0.1, 0.15) is 4.88 Å². The van der Waals surface area contributed by atoms with Crippen molar-refractivity contribution in [3.63, 3.8) is 0 Å². The van der Waals surface area contributed by atoms with Crippen molar-refractivity contribution < 1.29 is 13.5 Å². The van der Waals surface area contributed by atoms with Gasteiger partial charge < -0.3 is 5.11 Å². The molecule has 0 aliphatic heterocycles. The van der Waals surface area contributed by atoms with E-state index in [-0.39, 0.29) is 24.6 Å². The predicted molar refractivity (Wildman–Crippen MR) is 72.7 cm³/mol. The second-order valence-corrected chi connectivity index (χ2v) is 7.26. The number of nitrogens with zero attached hydrogens (tertiary/aromatic N) is 2. The molecule has 0 bridgehead atoms. The lowest BCUT2D eigenvalue weighted by atomic mass is 10.5. The quantitative estimate of drug-likeness (QED) is 0.833. The van der Waals surface area contributed by atoms with Crippen molar-refractivity contribution in [2.45, 2.75) is 18.0 Å². The van der Waals surface area contributed by atoms with Crippen molar-refractivity contribution in [2.24, 2.45) is 0 Å². The molecule has 0 amide bonds. The summed E-state index contributed by atoms with van der Waals surface area (Å²) in [5, 5.41) is 12.6. The number of thiophene rings is 1. The zero-order chi connectivity index (χ0) is 13.9. The second-order valence-electron chi connectivity index (χ2n) is 3.69. The van der Waals surface area contributed by atoms with Crippen LogP contribution in [0.15, 0.2) is 29.4 Å². The molecule has 0 aliphatic rings. The van der Waals surface area contributed by atoms with Gasteiger partial charge in [0.05, 0.1) is 23.7 Å². The molecule has 0 spiro atoms. The van der Waals surface area contributed by atoms with Gasteiger partial charge in [-0.15, -0.1) is 11.3 Å². The molecule has 2 aromatic rings. The van der Waals surface area contributed by atoms with Crippen LogP contribution in [-0.4, -0.2) is 29.9 Å². The third-order valence-corrected chi connectivity index (χ3v) is 4.90. The first-order valence-electron chi connectivity index (χ1n) is 5.38. The fourth-order valence-corrected chi connectivity index (χ4v) is 3.48. The van der Waals surface area contributed by atoms with Crippen molar-refractivity contribution in [3.05, 3.63) is 33.7 Å². The van der Waals surface area contributed by atoms with Crippen LogP contribution >= 0.6 is 22.9 Å². The third-order valence-electron chi connectivity index (χ3n) is 2.31. The zero-order valence-corrected chi connectivity index (χ0v) is 12.2. The zero-order valence-electron chi connectivity index (χ0n) is 9.78. The Balaban J connectivity index is 2.04. The van der Waals surface area contributed by atoms with Gasteiger partial charge in [-0.25, -0.2) is 13.1 Å². The van der Waals surface area contributed by atoms with Crippen LogP contribution < -0.4 is 4.72 Å². The van der Waals surface area contributed by atoms with Crippen LogP contribution in [0.5, 0.6) is 0 Å². The molecular formula is C10H12ClN3O3S2. The SMILES string of the molecule is O=S(=O)(NCc1ccc(Cl)s1)c1cnn(CCO)c1. The van der Waals surface area contributed by atoms with Gasteiger partial charge in [0, 0.05) is 17.6 Å². The molecule has 0 saturated heterocycles. The molecule has 0 atom stereocenters. The van der Waals surface area contributed by atoms with Gasteiger partial charge in [-0.2, -0.15) is 5.10 Å². The van der Waals surface area contributed by atoms with Crippen LogP contribution in [0.4, 0.5) is 0 Å². The van der Waals surface area contributed by atoms with Crippen LogP contribution in [0.25, 0.3) is 0 Å². The fourth-order valence-electron chi connectivity index (χ4n) is 1.40. The Hall–Kier alpha value is -0.930. The van der Waals surface area contributed by atoms with E-state index >= 15 is 0 Å². The molecule has 0 unspecified atom stereocenters. The Bertz CT molecular complexity index is 651. The number of rotatable bonds is 6. The maximum Gasteiger partial charge on any atom is 0.244 e. The van der Waals surface area contributed by atoms with Gasteiger partial charge in [0.2, 0.25) is 10.0 Å². The van der Waals surface area contributed by atoms with Gasteiger partial charge in [-0.3, -0.25) is 4.68 Å². The van der Waals surface area contributed by atoms with Crippen LogP contribution in [0, 0.1) is 0 Å². The van der Waals surface area contributed by atoms with Crippen molar-refractivity contribution in [3.8, 4) is 0 Å². The largest absolute Gasteiger partial charge is 0.394 e. The molecule has 6 nitrogen and oxygen atoms in total. The average molecular weight is 322 g/mol. The average Bonchev–Trinajstić information content (AvgIpc) is 2.97. The number of hydrogen-bond acceptors (Lipinski definition) is 5. The van der Waals surface area contributed by atoms with E-state index in [2.05, 4.69) is 9.82 Å². The lowest BCUT2D eigenvalue weighted by Gasteiger charge is -2.02. The molecule has 0 fully saturated rings. The van der Waals surface area contributed by atoms with E-state index in [1.807, 2.05) is 0 Å². The topological polar surface area (TPSA) is 84.2 Å². The monoisotopic (exact) mass is 321 g/mol. The molecule has 2 aromatic heterocycles. The van der Waals surface area contributed by atoms with Gasteiger partial charge in [0.1, 0.15) is 4.90 Å². The summed E-state index contributed by atoms with van der Waals surface area (Å²) in [6.45, 7) is 0.350. The maximum absolute atomic E-state index is 12.0. The molecule has 0 radical (unpaired) electrons.